The Morgan fingerprint density at radius 3 is 2.74 bits per heavy atom. The maximum Gasteiger partial charge on any atom is 0.419 e. The quantitative estimate of drug-likeness (QED) is 0.499. The van der Waals surface area contributed by atoms with Gasteiger partial charge in [0.15, 0.2) is 0 Å². The molecule has 3 aromatic rings. The van der Waals surface area contributed by atoms with Crippen molar-refractivity contribution in [3.63, 3.8) is 0 Å². The van der Waals surface area contributed by atoms with Crippen molar-refractivity contribution in [2.75, 3.05) is 25.2 Å². The number of fused-ring (bicyclic) bond motifs is 1. The largest absolute Gasteiger partial charge is 0.419 e. The zero-order valence-corrected chi connectivity index (χ0v) is 18.2. The van der Waals surface area contributed by atoms with E-state index in [1.54, 1.807) is 31.5 Å². The van der Waals surface area contributed by atoms with E-state index in [9.17, 15) is 17.7 Å². The molecule has 0 bridgehead atoms. The molecule has 6 nitrogen and oxygen atoms in total. The third-order valence-electron chi connectivity index (χ3n) is 5.90. The summed E-state index contributed by atoms with van der Waals surface area (Å²) >= 11 is 0. The van der Waals surface area contributed by atoms with E-state index < -0.39 is 18.9 Å². The number of nitrogens with one attached hydrogen (secondary N) is 2. The highest BCUT2D eigenvalue weighted by Gasteiger charge is 2.36. The topological polar surface area (TPSA) is 96.7 Å². The summed E-state index contributed by atoms with van der Waals surface area (Å²) in [5.41, 5.74) is 5.55. The van der Waals surface area contributed by atoms with Gasteiger partial charge in [-0.2, -0.15) is 13.2 Å². The first-order chi connectivity index (χ1) is 14.6. The van der Waals surface area contributed by atoms with E-state index in [2.05, 4.69) is 20.3 Å². The van der Waals surface area contributed by atoms with Gasteiger partial charge < -0.3 is 20.6 Å². The fourth-order valence-corrected chi connectivity index (χ4v) is 5.49. The van der Waals surface area contributed by atoms with Crippen molar-refractivity contribution in [1.82, 2.24) is 15.0 Å². The average Bonchev–Trinajstić information content (AvgIpc) is 3.32. The van der Waals surface area contributed by atoms with Gasteiger partial charge in [-0.05, 0) is 44.7 Å². The SMILES string of the molecule is CP(C)(=O)c1cccc2c(-c3nc(NC4CCC[C@@H]4CN)ncc3C(F)(F)F)c[nH]c12. The Balaban J connectivity index is 1.84. The van der Waals surface area contributed by atoms with Crippen molar-refractivity contribution in [3.8, 4) is 11.3 Å². The zero-order valence-electron chi connectivity index (χ0n) is 17.3. The molecule has 4 rings (SSSR count). The number of H-pyrrole nitrogens is 1. The van der Waals surface area contributed by atoms with E-state index >= 15 is 0 Å². The second-order valence-electron chi connectivity index (χ2n) is 8.38. The Bertz CT molecular complexity index is 1150. The summed E-state index contributed by atoms with van der Waals surface area (Å²) in [6, 6.07) is 5.17. The molecule has 2 aromatic heterocycles. The Morgan fingerprint density at radius 2 is 2.06 bits per heavy atom. The maximum atomic E-state index is 13.8. The summed E-state index contributed by atoms with van der Waals surface area (Å²) in [7, 11) is -2.64. The monoisotopic (exact) mass is 451 g/mol. The molecule has 1 saturated carbocycles. The van der Waals surface area contributed by atoms with E-state index in [1.165, 1.54) is 6.20 Å². The number of rotatable bonds is 5. The van der Waals surface area contributed by atoms with Crippen molar-refractivity contribution in [3.05, 3.63) is 36.2 Å². The van der Waals surface area contributed by atoms with Crippen LogP contribution in [0.4, 0.5) is 19.1 Å². The number of anilines is 1. The van der Waals surface area contributed by atoms with Crippen LogP contribution in [0.5, 0.6) is 0 Å². The molecule has 0 radical (unpaired) electrons. The van der Waals surface area contributed by atoms with Crippen LogP contribution in [-0.2, 0) is 10.7 Å². The molecule has 0 amide bonds. The van der Waals surface area contributed by atoms with E-state index in [-0.39, 0.29) is 23.6 Å². The number of nitrogens with zero attached hydrogens (tertiary/aromatic N) is 2. The normalized spacial score (nSPS) is 19.8. The Labute approximate surface area is 178 Å². The smallest absolute Gasteiger partial charge is 0.360 e. The van der Waals surface area contributed by atoms with Gasteiger partial charge >= 0.3 is 6.18 Å². The van der Waals surface area contributed by atoms with Crippen molar-refractivity contribution in [2.24, 2.45) is 11.7 Å². The molecule has 31 heavy (non-hydrogen) atoms. The lowest BCUT2D eigenvalue weighted by atomic mass is 10.0. The molecule has 4 N–H and O–H groups in total. The number of halogens is 3. The van der Waals surface area contributed by atoms with Gasteiger partial charge in [0, 0.05) is 34.7 Å². The summed E-state index contributed by atoms with van der Waals surface area (Å²) < 4.78 is 54.0. The molecular weight excluding hydrogens is 426 g/mol. The molecule has 1 fully saturated rings. The first kappa shape index (κ1) is 21.8. The lowest BCUT2D eigenvalue weighted by Gasteiger charge is -2.20. The van der Waals surface area contributed by atoms with Gasteiger partial charge in [-0.3, -0.25) is 0 Å². The molecule has 1 aliphatic rings. The second kappa shape index (κ2) is 7.95. The van der Waals surface area contributed by atoms with E-state index in [0.717, 1.165) is 25.5 Å². The molecular formula is C21H25F3N5OP. The number of hydrogen-bond donors (Lipinski definition) is 3. The van der Waals surface area contributed by atoms with E-state index in [0.29, 0.717) is 28.3 Å². The van der Waals surface area contributed by atoms with Crippen molar-refractivity contribution in [2.45, 2.75) is 31.5 Å². The van der Waals surface area contributed by atoms with Crippen LogP contribution in [0.2, 0.25) is 0 Å². The lowest BCUT2D eigenvalue weighted by molar-refractivity contribution is -0.137. The predicted octanol–water partition coefficient (Wildman–Crippen LogP) is 4.43. The van der Waals surface area contributed by atoms with Gasteiger partial charge in [0.25, 0.3) is 0 Å². The van der Waals surface area contributed by atoms with Crippen LogP contribution in [-0.4, -0.2) is 40.9 Å². The number of hydrogen-bond acceptors (Lipinski definition) is 5. The fourth-order valence-electron chi connectivity index (χ4n) is 4.32. The first-order valence-electron chi connectivity index (χ1n) is 10.2. The third kappa shape index (κ3) is 4.21. The minimum atomic E-state index is -4.62. The van der Waals surface area contributed by atoms with E-state index in [1.807, 2.05) is 0 Å². The molecule has 1 aliphatic carbocycles. The Kier molecular flexibility index (Phi) is 5.60. The predicted molar refractivity (Wildman–Crippen MR) is 117 cm³/mol. The second-order valence-corrected chi connectivity index (χ2v) is 11.6. The highest BCUT2D eigenvalue weighted by atomic mass is 31.2. The van der Waals surface area contributed by atoms with Gasteiger partial charge in [0.2, 0.25) is 5.95 Å². The lowest BCUT2D eigenvalue weighted by Crippen LogP contribution is -2.30. The van der Waals surface area contributed by atoms with Gasteiger partial charge in [-0.25, -0.2) is 9.97 Å². The molecule has 2 heterocycles. The van der Waals surface area contributed by atoms with Crippen molar-refractivity contribution in [1.29, 1.82) is 0 Å². The Morgan fingerprint density at radius 1 is 1.29 bits per heavy atom. The van der Waals surface area contributed by atoms with Gasteiger partial charge in [-0.1, -0.05) is 18.6 Å². The zero-order chi connectivity index (χ0) is 22.4. The van der Waals surface area contributed by atoms with Crippen LogP contribution in [0.15, 0.2) is 30.6 Å². The van der Waals surface area contributed by atoms with Crippen LogP contribution in [0.25, 0.3) is 22.2 Å². The summed E-state index contributed by atoms with van der Waals surface area (Å²) in [4.78, 5) is 11.2. The van der Waals surface area contributed by atoms with Crippen LogP contribution in [0, 0.1) is 5.92 Å². The number of benzene rings is 1. The van der Waals surface area contributed by atoms with Crippen LogP contribution < -0.4 is 16.4 Å². The Hall–Kier alpha value is -2.38. The number of alkyl halides is 3. The third-order valence-corrected chi connectivity index (χ3v) is 7.43. The van der Waals surface area contributed by atoms with Gasteiger partial charge in [-0.15, -0.1) is 0 Å². The molecule has 1 unspecified atom stereocenters. The van der Waals surface area contributed by atoms with Crippen LogP contribution in [0.3, 0.4) is 0 Å². The first-order valence-corrected chi connectivity index (χ1v) is 12.8. The summed E-state index contributed by atoms with van der Waals surface area (Å²) in [5.74, 6) is 0.392. The molecule has 10 heteroatoms. The summed E-state index contributed by atoms with van der Waals surface area (Å²) in [5, 5.41) is 4.31. The fraction of sp³-hybridized carbons (Fsp3) is 0.429. The highest BCUT2D eigenvalue weighted by molar-refractivity contribution is 7.70. The van der Waals surface area contributed by atoms with Crippen LogP contribution >= 0.6 is 7.14 Å². The number of nitrogens with two attached hydrogens (primary N) is 1. The molecule has 1 aromatic carbocycles. The number of para-hydroxylation sites is 1. The standard InChI is InChI=1S/C21H25F3N5OP/c1-31(2,30)17-8-4-6-13-14(10-26-19(13)17)18-15(21(22,23)24)11-27-20(29-18)28-16-7-3-5-12(16)9-25/h4,6,8,10-12,16,26H,3,5,7,9,25H2,1-2H3,(H,27,28,29)/t12-,16?/m1/s1. The number of aromatic nitrogens is 3. The van der Waals surface area contributed by atoms with Crippen molar-refractivity contribution >= 4 is 29.3 Å². The number of aromatic amines is 1. The highest BCUT2D eigenvalue weighted by Crippen LogP contribution is 2.42. The maximum absolute atomic E-state index is 13.8. The van der Waals surface area contributed by atoms with Gasteiger partial charge in [0.1, 0.15) is 12.7 Å². The summed E-state index contributed by atoms with van der Waals surface area (Å²) in [6.07, 6.45) is 0.550. The van der Waals surface area contributed by atoms with Gasteiger partial charge in [0.05, 0.1) is 11.2 Å². The molecule has 0 aliphatic heterocycles. The molecule has 0 spiro atoms. The molecule has 0 saturated heterocycles. The van der Waals surface area contributed by atoms with Crippen molar-refractivity contribution < 1.29 is 17.7 Å². The summed E-state index contributed by atoms with van der Waals surface area (Å²) in [6.45, 7) is 3.77. The molecule has 166 valence electrons. The minimum absolute atomic E-state index is 0.0372. The minimum Gasteiger partial charge on any atom is -0.360 e. The van der Waals surface area contributed by atoms with Crippen LogP contribution in [0.1, 0.15) is 24.8 Å². The van der Waals surface area contributed by atoms with E-state index in [4.69, 9.17) is 5.73 Å². The average molecular weight is 451 g/mol. The molecule has 2 atom stereocenters.